The van der Waals surface area contributed by atoms with Crippen molar-refractivity contribution in [3.05, 3.63) is 59.4 Å². The standard InChI is InChI=1S/C40H62N2O12S4/c1-38(2)26-28(11-7-13-36-39(3,4)32-24-30(55-54-53-43)15-17-34(32)41(36)19-9-21-56(44,45)46)23-29(27-38)12-8-14-37-40(5,6)33-25-31(58(50,51)52)16-18-35(33)42(37)20-10-22-57(47,48)49/h7-8,11-14,23,30-35H,9-10,15-22,24-27H2,1-6H3,(H3-,43,44,45,46,47,48,49,50,51,52)/p+1. The number of likely N-dealkylation sites (tertiary alicyclic amines) is 1. The van der Waals surface area contributed by atoms with Crippen molar-refractivity contribution in [3.8, 4) is 0 Å². The van der Waals surface area contributed by atoms with E-state index in [4.69, 9.17) is 9.59 Å². The second kappa shape index (κ2) is 18.2. The van der Waals surface area contributed by atoms with Crippen molar-refractivity contribution < 1.29 is 58.1 Å². The first-order valence-corrected chi connectivity index (χ1v) is 25.7. The highest BCUT2D eigenvalue weighted by molar-refractivity contribution is 7.95. The van der Waals surface area contributed by atoms with Gasteiger partial charge in [0.2, 0.25) is 0 Å². The second-order valence-corrected chi connectivity index (χ2v) is 24.6. The lowest BCUT2D eigenvalue weighted by Crippen LogP contribution is -2.41. The lowest BCUT2D eigenvalue weighted by atomic mass is 9.69. The third-order valence-electron chi connectivity index (χ3n) is 13.2. The van der Waals surface area contributed by atoms with Crippen LogP contribution in [0.4, 0.5) is 0 Å². The van der Waals surface area contributed by atoms with E-state index in [1.165, 1.54) is 0 Å². The van der Waals surface area contributed by atoms with Crippen LogP contribution in [-0.2, 0) is 39.7 Å². The summed E-state index contributed by atoms with van der Waals surface area (Å²) in [4.78, 5) is 2.18. The van der Waals surface area contributed by atoms with E-state index in [0.717, 1.165) is 66.7 Å². The van der Waals surface area contributed by atoms with Crippen LogP contribution in [0.25, 0.3) is 0 Å². The van der Waals surface area contributed by atoms with E-state index < -0.39 is 41.0 Å². The van der Waals surface area contributed by atoms with Crippen molar-refractivity contribution >= 4 is 48.1 Å². The van der Waals surface area contributed by atoms with Gasteiger partial charge in [-0.1, -0.05) is 63.1 Å². The summed E-state index contributed by atoms with van der Waals surface area (Å²) < 4.78 is 107. The molecule has 328 valence electrons. The summed E-state index contributed by atoms with van der Waals surface area (Å²) in [5.74, 6) is -0.512. The third-order valence-corrected chi connectivity index (χ3v) is 16.9. The van der Waals surface area contributed by atoms with Gasteiger partial charge in [0.25, 0.3) is 30.4 Å². The Morgan fingerprint density at radius 1 is 0.828 bits per heavy atom. The Balaban J connectivity index is 1.41. The van der Waals surface area contributed by atoms with Gasteiger partial charge in [-0.05, 0) is 93.8 Å². The third kappa shape index (κ3) is 11.7. The highest BCUT2D eigenvalue weighted by atomic mass is 32.2. The molecule has 0 aromatic heterocycles. The van der Waals surface area contributed by atoms with Crippen molar-refractivity contribution in [1.29, 1.82) is 0 Å². The van der Waals surface area contributed by atoms with Gasteiger partial charge in [0.1, 0.15) is 6.54 Å². The van der Waals surface area contributed by atoms with Crippen LogP contribution < -0.4 is 0 Å². The largest absolute Gasteiger partial charge is 0.371 e. The molecular formula is C40H63N2O12S4+. The van der Waals surface area contributed by atoms with Gasteiger partial charge >= 0.3 is 0 Å². The molecule has 2 aliphatic heterocycles. The molecule has 3 fully saturated rings. The molecule has 0 aromatic carbocycles. The quantitative estimate of drug-likeness (QED) is 0.0402. The molecule has 1 saturated heterocycles. The van der Waals surface area contributed by atoms with Crippen molar-refractivity contribution in [2.24, 2.45) is 28.1 Å². The fourth-order valence-electron chi connectivity index (χ4n) is 10.7. The monoisotopic (exact) mass is 891 g/mol. The molecule has 0 radical (unpaired) electrons. The first kappa shape index (κ1) is 47.2. The van der Waals surface area contributed by atoms with Crippen LogP contribution in [0.5, 0.6) is 0 Å². The predicted octanol–water partition coefficient (Wildman–Crippen LogP) is 7.08. The number of hydrogen-bond donors (Lipinski definition) is 4. The first-order valence-electron chi connectivity index (χ1n) is 20.2. The Labute approximate surface area is 349 Å². The number of allylic oxidation sites excluding steroid dienone is 10. The number of nitrogens with zero attached hydrogens (tertiary/aromatic N) is 2. The number of hydrogen-bond acceptors (Lipinski definition) is 11. The Bertz CT molecular complexity index is 2050. The molecule has 0 bridgehead atoms. The number of fused-ring (bicyclic) bond motifs is 2. The van der Waals surface area contributed by atoms with Gasteiger partial charge in [0.15, 0.2) is 11.8 Å². The second-order valence-electron chi connectivity index (χ2n) is 18.7. The van der Waals surface area contributed by atoms with Crippen molar-refractivity contribution in [2.75, 3.05) is 24.6 Å². The van der Waals surface area contributed by atoms with Gasteiger partial charge in [-0.3, -0.25) is 13.7 Å². The van der Waals surface area contributed by atoms with Crippen molar-refractivity contribution in [1.82, 2.24) is 4.90 Å². The Hall–Kier alpha value is -1.87. The van der Waals surface area contributed by atoms with E-state index in [-0.39, 0.29) is 57.9 Å². The Morgan fingerprint density at radius 2 is 1.50 bits per heavy atom. The molecule has 4 N–H and O–H groups in total. The van der Waals surface area contributed by atoms with Gasteiger partial charge in [-0.2, -0.15) is 25.3 Å². The first-order chi connectivity index (χ1) is 26.8. The average molecular weight is 892 g/mol. The zero-order valence-electron chi connectivity index (χ0n) is 34.5. The van der Waals surface area contributed by atoms with E-state index in [9.17, 15) is 38.9 Å². The SMILES string of the molecule is CC1(C)CC(/C=C/C=C2/N(CCCS(=O)(=O)O)C3CCC(S(=O)(=O)O)CC3C2(C)C)=CC(=C/C=C/C2=[N+](CCCS(=O)(=O)O)C3CCC(SOOO)CC3C2(C)C)/C1. The molecule has 5 aliphatic rings. The molecule has 0 aromatic rings. The molecule has 6 unspecified atom stereocenters. The molecule has 14 nitrogen and oxygen atoms in total. The van der Waals surface area contributed by atoms with E-state index in [2.05, 4.69) is 86.4 Å². The van der Waals surface area contributed by atoms with Gasteiger partial charge < -0.3 is 4.90 Å². The normalized spacial score (nSPS) is 31.4. The van der Waals surface area contributed by atoms with Crippen LogP contribution in [0.3, 0.4) is 0 Å². The fourth-order valence-corrected chi connectivity index (χ4v) is 13.3. The summed E-state index contributed by atoms with van der Waals surface area (Å²) in [5, 5.41) is 11.9. The van der Waals surface area contributed by atoms with Crippen molar-refractivity contribution in [3.63, 3.8) is 0 Å². The minimum atomic E-state index is -4.20. The molecule has 3 aliphatic carbocycles. The molecule has 18 heteroatoms. The smallest absolute Gasteiger partial charge is 0.267 e. The molecular weight excluding hydrogens is 829 g/mol. The summed E-state index contributed by atoms with van der Waals surface area (Å²) in [7, 11) is -12.4. The van der Waals surface area contributed by atoms with Gasteiger partial charge in [0.05, 0.1) is 22.2 Å². The van der Waals surface area contributed by atoms with Crippen LogP contribution in [0, 0.1) is 28.1 Å². The van der Waals surface area contributed by atoms with E-state index in [0.29, 0.717) is 38.8 Å². The van der Waals surface area contributed by atoms with E-state index in [1.807, 2.05) is 12.2 Å². The minimum Gasteiger partial charge on any atom is -0.371 e. The summed E-state index contributed by atoms with van der Waals surface area (Å²) in [6.07, 6.45) is 20.6. The lowest BCUT2D eigenvalue weighted by molar-refractivity contribution is -0.566. The van der Waals surface area contributed by atoms with Crippen molar-refractivity contribution in [2.45, 2.75) is 128 Å². The molecule has 58 heavy (non-hydrogen) atoms. The zero-order valence-corrected chi connectivity index (χ0v) is 37.8. The summed E-state index contributed by atoms with van der Waals surface area (Å²) >= 11 is 1.11. The molecule has 0 amide bonds. The zero-order chi connectivity index (χ0) is 42.9. The fraction of sp³-hybridized carbons (Fsp3) is 0.725. The van der Waals surface area contributed by atoms with E-state index >= 15 is 0 Å². The summed E-state index contributed by atoms with van der Waals surface area (Å²) in [6, 6.07) is 0.162. The molecule has 5 rings (SSSR count). The van der Waals surface area contributed by atoms with Gasteiger partial charge in [0, 0.05) is 65.8 Å². The highest BCUT2D eigenvalue weighted by Crippen LogP contribution is 2.54. The topological polar surface area (TPSA) is 208 Å². The number of rotatable bonds is 16. The summed E-state index contributed by atoms with van der Waals surface area (Å²) in [6.45, 7) is 13.9. The maximum atomic E-state index is 12.2. The van der Waals surface area contributed by atoms with E-state index in [1.54, 1.807) is 0 Å². The maximum absolute atomic E-state index is 12.2. The molecule has 6 atom stereocenters. The maximum Gasteiger partial charge on any atom is 0.267 e. The Kier molecular flexibility index (Phi) is 14.8. The molecule has 0 spiro atoms. The van der Waals surface area contributed by atoms with Crippen LogP contribution in [0.1, 0.15) is 106 Å². The molecule has 2 saturated carbocycles. The van der Waals surface area contributed by atoms with Gasteiger partial charge in [-0.25, -0.2) is 9.83 Å². The van der Waals surface area contributed by atoms with Gasteiger partial charge in [-0.15, -0.1) is 4.33 Å². The predicted molar refractivity (Wildman–Crippen MR) is 226 cm³/mol. The average Bonchev–Trinajstić information content (AvgIpc) is 3.43. The van der Waals surface area contributed by atoms with Crippen LogP contribution >= 0.6 is 12.0 Å². The highest BCUT2D eigenvalue weighted by Gasteiger charge is 2.56. The lowest BCUT2D eigenvalue weighted by Gasteiger charge is -2.37. The molecule has 2 heterocycles. The van der Waals surface area contributed by atoms with Crippen LogP contribution in [-0.4, -0.2) is 107 Å². The Morgan fingerprint density at radius 3 is 2.16 bits per heavy atom. The van der Waals surface area contributed by atoms with Crippen LogP contribution in [0.15, 0.2) is 59.4 Å². The minimum absolute atomic E-state index is 0.0244. The summed E-state index contributed by atoms with van der Waals surface area (Å²) in [5.41, 5.74) is 3.62. The van der Waals surface area contributed by atoms with Crippen LogP contribution in [0.2, 0.25) is 0 Å².